The molecule has 0 spiro atoms. The molecule has 3 rings (SSSR count). The zero-order valence-corrected chi connectivity index (χ0v) is 12.4. The van der Waals surface area contributed by atoms with E-state index in [0.717, 1.165) is 0 Å². The van der Waals surface area contributed by atoms with Gasteiger partial charge in [0, 0.05) is 5.39 Å². The average Bonchev–Trinajstić information content (AvgIpc) is 2.94. The third kappa shape index (κ3) is 2.55. The monoisotopic (exact) mass is 310 g/mol. The lowest BCUT2D eigenvalue weighted by Gasteiger charge is -2.07. The van der Waals surface area contributed by atoms with Crippen LogP contribution in [0.3, 0.4) is 0 Å². The van der Waals surface area contributed by atoms with Crippen molar-refractivity contribution < 1.29 is 19.4 Å². The van der Waals surface area contributed by atoms with Gasteiger partial charge in [-0.25, -0.2) is 14.3 Å². The van der Waals surface area contributed by atoms with Crippen LogP contribution in [0.4, 0.5) is 0 Å². The Labute approximate surface area is 131 Å². The van der Waals surface area contributed by atoms with Crippen LogP contribution in [0, 0.1) is 0 Å². The van der Waals surface area contributed by atoms with Crippen molar-refractivity contribution in [3.63, 3.8) is 0 Å². The Kier molecular flexibility index (Phi) is 3.80. The quantitative estimate of drug-likeness (QED) is 0.749. The van der Waals surface area contributed by atoms with Gasteiger partial charge in [0.2, 0.25) is 0 Å². The van der Waals surface area contributed by atoms with Crippen LogP contribution in [0.1, 0.15) is 27.8 Å². The number of benzene rings is 2. The van der Waals surface area contributed by atoms with E-state index >= 15 is 0 Å². The molecule has 0 fully saturated rings. The van der Waals surface area contributed by atoms with E-state index in [9.17, 15) is 14.7 Å². The lowest BCUT2D eigenvalue weighted by molar-refractivity contribution is 0.0521. The summed E-state index contributed by atoms with van der Waals surface area (Å²) < 4.78 is 6.50. The van der Waals surface area contributed by atoms with Gasteiger partial charge in [0.15, 0.2) is 5.69 Å². The number of nitrogens with zero attached hydrogens (tertiary/aromatic N) is 2. The van der Waals surface area contributed by atoms with Gasteiger partial charge in [0.25, 0.3) is 0 Å². The summed E-state index contributed by atoms with van der Waals surface area (Å²) in [6.45, 7) is 1.96. The summed E-state index contributed by atoms with van der Waals surface area (Å²) in [6.07, 6.45) is 0. The molecule has 23 heavy (non-hydrogen) atoms. The number of aromatic nitrogens is 2. The summed E-state index contributed by atoms with van der Waals surface area (Å²) in [4.78, 5) is 23.5. The van der Waals surface area contributed by atoms with Gasteiger partial charge in [0.1, 0.15) is 0 Å². The molecule has 3 aromatic rings. The largest absolute Gasteiger partial charge is 0.478 e. The molecule has 0 saturated heterocycles. The Balaban J connectivity index is 2.27. The van der Waals surface area contributed by atoms with E-state index in [1.807, 2.05) is 0 Å². The molecule has 1 heterocycles. The van der Waals surface area contributed by atoms with E-state index in [1.165, 1.54) is 10.7 Å². The van der Waals surface area contributed by atoms with Crippen LogP contribution in [0.2, 0.25) is 0 Å². The first kappa shape index (κ1) is 14.8. The van der Waals surface area contributed by atoms with Gasteiger partial charge in [-0.3, -0.25) is 0 Å². The van der Waals surface area contributed by atoms with E-state index in [-0.39, 0.29) is 17.9 Å². The number of esters is 1. The number of rotatable bonds is 4. The number of carbonyl (C=O) groups is 2. The molecule has 0 bridgehead atoms. The molecule has 0 saturated carbocycles. The Morgan fingerprint density at radius 1 is 1.13 bits per heavy atom. The summed E-state index contributed by atoms with van der Waals surface area (Å²) in [5.41, 5.74) is 1.31. The molecular weight excluding hydrogens is 296 g/mol. The van der Waals surface area contributed by atoms with E-state index < -0.39 is 11.9 Å². The number of hydrogen-bond donors (Lipinski definition) is 1. The number of ether oxygens (including phenoxy) is 1. The van der Waals surface area contributed by atoms with E-state index in [1.54, 1.807) is 49.4 Å². The second-order valence-corrected chi connectivity index (χ2v) is 4.82. The van der Waals surface area contributed by atoms with Crippen LogP contribution in [0.25, 0.3) is 16.6 Å². The highest BCUT2D eigenvalue weighted by atomic mass is 16.5. The van der Waals surface area contributed by atoms with Crippen LogP contribution in [-0.2, 0) is 4.74 Å². The molecule has 116 valence electrons. The number of carboxylic acid groups (broad SMARTS) is 1. The van der Waals surface area contributed by atoms with Crippen molar-refractivity contribution in [2.75, 3.05) is 6.61 Å². The van der Waals surface area contributed by atoms with Crippen LogP contribution >= 0.6 is 0 Å². The average molecular weight is 310 g/mol. The standard InChI is InChI=1S/C17H14N2O4/c1-2-23-17(22)15-11-7-3-5-9-13(11)19(18-15)14-10-6-4-8-12(14)16(20)21/h3-10H,2H2,1H3,(H,20,21). The maximum absolute atomic E-state index is 12.1. The minimum atomic E-state index is -1.06. The topological polar surface area (TPSA) is 81.4 Å². The zero-order chi connectivity index (χ0) is 16.4. The zero-order valence-electron chi connectivity index (χ0n) is 12.4. The highest BCUT2D eigenvalue weighted by molar-refractivity contribution is 6.03. The smallest absolute Gasteiger partial charge is 0.359 e. The molecule has 1 aromatic heterocycles. The summed E-state index contributed by atoms with van der Waals surface area (Å²) in [6, 6.07) is 13.7. The van der Waals surface area contributed by atoms with Crippen LogP contribution in [0.15, 0.2) is 48.5 Å². The Morgan fingerprint density at radius 3 is 2.57 bits per heavy atom. The predicted octanol–water partition coefficient (Wildman–Crippen LogP) is 2.90. The van der Waals surface area contributed by atoms with Crippen LogP contribution in [0.5, 0.6) is 0 Å². The molecule has 2 aromatic carbocycles. The SMILES string of the molecule is CCOC(=O)c1nn(-c2ccccc2C(=O)O)c2ccccc12. The van der Waals surface area contributed by atoms with E-state index in [0.29, 0.717) is 16.6 Å². The summed E-state index contributed by atoms with van der Waals surface area (Å²) in [5, 5.41) is 14.3. The highest BCUT2D eigenvalue weighted by Gasteiger charge is 2.21. The molecule has 0 aliphatic carbocycles. The molecule has 0 amide bonds. The maximum atomic E-state index is 12.1. The van der Waals surface area contributed by atoms with Crippen molar-refractivity contribution >= 4 is 22.8 Å². The maximum Gasteiger partial charge on any atom is 0.359 e. The Hall–Kier alpha value is -3.15. The molecular formula is C17H14N2O4. The van der Waals surface area contributed by atoms with Gasteiger partial charge in [-0.15, -0.1) is 0 Å². The first-order chi connectivity index (χ1) is 11.1. The molecule has 0 aliphatic rings. The van der Waals surface area contributed by atoms with Crippen molar-refractivity contribution in [1.29, 1.82) is 0 Å². The van der Waals surface area contributed by atoms with Gasteiger partial charge in [-0.2, -0.15) is 5.10 Å². The number of para-hydroxylation sites is 2. The van der Waals surface area contributed by atoms with Crippen molar-refractivity contribution in [3.8, 4) is 5.69 Å². The molecule has 6 heteroatoms. The number of fused-ring (bicyclic) bond motifs is 1. The van der Waals surface area contributed by atoms with Crippen LogP contribution < -0.4 is 0 Å². The summed E-state index contributed by atoms with van der Waals surface area (Å²) in [7, 11) is 0. The van der Waals surface area contributed by atoms with Crippen molar-refractivity contribution in [3.05, 3.63) is 59.8 Å². The first-order valence-electron chi connectivity index (χ1n) is 7.11. The Morgan fingerprint density at radius 2 is 1.83 bits per heavy atom. The normalized spacial score (nSPS) is 10.7. The number of carbonyl (C=O) groups excluding carboxylic acids is 1. The molecule has 0 radical (unpaired) electrons. The predicted molar refractivity (Wildman–Crippen MR) is 84.0 cm³/mol. The highest BCUT2D eigenvalue weighted by Crippen LogP contribution is 2.24. The molecule has 6 nitrogen and oxygen atoms in total. The fraction of sp³-hybridized carbons (Fsp3) is 0.118. The van der Waals surface area contributed by atoms with E-state index in [2.05, 4.69) is 5.10 Å². The third-order valence-electron chi connectivity index (χ3n) is 3.42. The van der Waals surface area contributed by atoms with Gasteiger partial charge in [-0.1, -0.05) is 30.3 Å². The lowest BCUT2D eigenvalue weighted by atomic mass is 10.1. The second-order valence-electron chi connectivity index (χ2n) is 4.82. The van der Waals surface area contributed by atoms with Gasteiger partial charge in [-0.05, 0) is 25.1 Å². The molecule has 1 N–H and O–H groups in total. The lowest BCUT2D eigenvalue weighted by Crippen LogP contribution is -2.09. The minimum Gasteiger partial charge on any atom is -0.478 e. The number of carboxylic acids is 1. The fourth-order valence-electron chi connectivity index (χ4n) is 2.44. The van der Waals surface area contributed by atoms with Gasteiger partial charge in [0.05, 0.1) is 23.4 Å². The minimum absolute atomic E-state index is 0.108. The molecule has 0 aliphatic heterocycles. The Bertz CT molecular complexity index is 898. The van der Waals surface area contributed by atoms with E-state index in [4.69, 9.17) is 4.74 Å². The van der Waals surface area contributed by atoms with Crippen molar-refractivity contribution in [2.24, 2.45) is 0 Å². The van der Waals surface area contributed by atoms with Crippen molar-refractivity contribution in [1.82, 2.24) is 9.78 Å². The van der Waals surface area contributed by atoms with Crippen molar-refractivity contribution in [2.45, 2.75) is 6.92 Å². The molecule has 0 unspecified atom stereocenters. The summed E-state index contributed by atoms with van der Waals surface area (Å²) >= 11 is 0. The number of aromatic carboxylic acids is 1. The van der Waals surface area contributed by atoms with Crippen LogP contribution in [-0.4, -0.2) is 33.4 Å². The fourth-order valence-corrected chi connectivity index (χ4v) is 2.44. The number of hydrogen-bond acceptors (Lipinski definition) is 4. The summed E-state index contributed by atoms with van der Waals surface area (Å²) in [5.74, 6) is -1.59. The molecule has 0 atom stereocenters. The third-order valence-corrected chi connectivity index (χ3v) is 3.42. The van der Waals surface area contributed by atoms with Gasteiger partial charge >= 0.3 is 11.9 Å². The van der Waals surface area contributed by atoms with Gasteiger partial charge < -0.3 is 9.84 Å². The first-order valence-corrected chi connectivity index (χ1v) is 7.11. The second kappa shape index (κ2) is 5.92.